The normalized spacial score (nSPS) is 10.9. The number of aromatic nitrogens is 1. The molecule has 0 amide bonds. The first-order valence-electron chi connectivity index (χ1n) is 5.79. The summed E-state index contributed by atoms with van der Waals surface area (Å²) in [6.07, 6.45) is 3.97. The van der Waals surface area contributed by atoms with Crippen LogP contribution in [0.3, 0.4) is 0 Å². The summed E-state index contributed by atoms with van der Waals surface area (Å²) in [6, 6.07) is 13.5. The minimum Gasteiger partial charge on any atom is -0.305 e. The van der Waals surface area contributed by atoms with Crippen molar-refractivity contribution in [3.05, 3.63) is 59.8 Å². The van der Waals surface area contributed by atoms with Crippen LogP contribution in [0.15, 0.2) is 42.6 Å². The summed E-state index contributed by atoms with van der Waals surface area (Å²) in [5.41, 5.74) is 5.74. The molecule has 0 bridgehead atoms. The van der Waals surface area contributed by atoms with Gasteiger partial charge in [0, 0.05) is 26.3 Å². The Bertz CT molecular complexity index is 559. The Morgan fingerprint density at radius 2 is 2.06 bits per heavy atom. The number of allylic oxidation sites excluding steroid dienone is 2. The summed E-state index contributed by atoms with van der Waals surface area (Å²) in [7, 11) is 0. The van der Waals surface area contributed by atoms with E-state index in [1.54, 1.807) is 0 Å². The summed E-state index contributed by atoms with van der Waals surface area (Å²) in [5.74, 6) is 0. The summed E-state index contributed by atoms with van der Waals surface area (Å²) in [5, 5.41) is 0. The summed E-state index contributed by atoms with van der Waals surface area (Å²) in [4.78, 5) is 4.41. The molecule has 0 atom stereocenters. The van der Waals surface area contributed by atoms with Crippen molar-refractivity contribution in [3.63, 3.8) is 0 Å². The van der Waals surface area contributed by atoms with Crippen molar-refractivity contribution in [2.45, 2.75) is 20.8 Å². The summed E-state index contributed by atoms with van der Waals surface area (Å²) < 4.78 is 0. The van der Waals surface area contributed by atoms with Crippen LogP contribution in [-0.2, 0) is 20.1 Å². The van der Waals surface area contributed by atoms with E-state index in [-0.39, 0.29) is 20.1 Å². The van der Waals surface area contributed by atoms with Crippen LogP contribution in [0.25, 0.3) is 16.8 Å². The van der Waals surface area contributed by atoms with E-state index in [9.17, 15) is 0 Å². The van der Waals surface area contributed by atoms with Crippen molar-refractivity contribution in [3.8, 4) is 11.3 Å². The molecular formula is C16H16IrN-. The van der Waals surface area contributed by atoms with Gasteiger partial charge in [0.1, 0.15) is 0 Å². The molecule has 0 fully saturated rings. The minimum absolute atomic E-state index is 0. The molecule has 1 aromatic carbocycles. The van der Waals surface area contributed by atoms with Crippen LogP contribution in [0.4, 0.5) is 0 Å². The van der Waals surface area contributed by atoms with E-state index in [0.717, 1.165) is 11.3 Å². The van der Waals surface area contributed by atoms with Gasteiger partial charge in [-0.05, 0) is 36.7 Å². The van der Waals surface area contributed by atoms with Gasteiger partial charge < -0.3 is 4.98 Å². The molecule has 2 heteroatoms. The molecule has 1 aromatic heterocycles. The molecule has 95 valence electrons. The zero-order valence-corrected chi connectivity index (χ0v) is 13.2. The van der Waals surface area contributed by atoms with Crippen LogP contribution in [0.2, 0.25) is 0 Å². The predicted molar refractivity (Wildman–Crippen MR) is 72.6 cm³/mol. The largest absolute Gasteiger partial charge is 0.305 e. The first-order chi connectivity index (χ1) is 8.20. The van der Waals surface area contributed by atoms with Gasteiger partial charge in [-0.25, -0.2) is 0 Å². The van der Waals surface area contributed by atoms with Gasteiger partial charge in [-0.2, -0.15) is 0 Å². The summed E-state index contributed by atoms with van der Waals surface area (Å²) in [6.45, 7) is 6.24. The van der Waals surface area contributed by atoms with Crippen LogP contribution in [0, 0.1) is 13.0 Å². The van der Waals surface area contributed by atoms with E-state index in [1.165, 1.54) is 16.7 Å². The third kappa shape index (κ3) is 3.38. The smallest absolute Gasteiger partial charge is 0.0166 e. The van der Waals surface area contributed by atoms with Crippen LogP contribution in [0.5, 0.6) is 0 Å². The van der Waals surface area contributed by atoms with E-state index < -0.39 is 0 Å². The summed E-state index contributed by atoms with van der Waals surface area (Å²) >= 11 is 0. The van der Waals surface area contributed by atoms with Gasteiger partial charge in [0.15, 0.2) is 0 Å². The second kappa shape index (κ2) is 6.63. The predicted octanol–water partition coefficient (Wildman–Crippen LogP) is 4.28. The van der Waals surface area contributed by atoms with Gasteiger partial charge in [0.05, 0.1) is 0 Å². The van der Waals surface area contributed by atoms with Crippen molar-refractivity contribution in [2.75, 3.05) is 0 Å². The van der Waals surface area contributed by atoms with Gasteiger partial charge >= 0.3 is 0 Å². The number of hydrogen-bond donors (Lipinski definition) is 0. The van der Waals surface area contributed by atoms with E-state index in [4.69, 9.17) is 0 Å². The second-order valence-corrected chi connectivity index (χ2v) is 4.18. The Morgan fingerprint density at radius 1 is 1.28 bits per heavy atom. The molecule has 0 aliphatic rings. The SMILES string of the molecule is C/C=C(\C)c1ccnc(-c2[c-]ccc(C)c2)c1.[Ir]. The molecule has 0 N–H and O–H groups in total. The monoisotopic (exact) mass is 415 g/mol. The Hall–Kier alpha value is -1.24. The molecule has 0 saturated heterocycles. The first-order valence-corrected chi connectivity index (χ1v) is 5.79. The number of hydrogen-bond acceptors (Lipinski definition) is 1. The maximum Gasteiger partial charge on any atom is 0.0166 e. The van der Waals surface area contributed by atoms with Crippen molar-refractivity contribution < 1.29 is 20.1 Å². The standard InChI is InChI=1S/C16H16N.Ir/c1-4-13(3)14-8-9-17-16(11-14)15-7-5-6-12(2)10-15;/h4-6,8-11H,1-3H3;/q-1;/b13-4+;. The van der Waals surface area contributed by atoms with Crippen LogP contribution >= 0.6 is 0 Å². The van der Waals surface area contributed by atoms with Gasteiger partial charge in [-0.3, -0.25) is 0 Å². The van der Waals surface area contributed by atoms with Gasteiger partial charge in [-0.1, -0.05) is 19.1 Å². The molecule has 0 unspecified atom stereocenters. The fourth-order valence-corrected chi connectivity index (χ4v) is 1.72. The third-order valence-electron chi connectivity index (χ3n) is 2.88. The number of aryl methyl sites for hydroxylation is 1. The van der Waals surface area contributed by atoms with Crippen molar-refractivity contribution in [2.24, 2.45) is 0 Å². The molecule has 1 heterocycles. The zero-order chi connectivity index (χ0) is 12.3. The number of rotatable bonds is 2. The average molecular weight is 415 g/mol. The Morgan fingerprint density at radius 3 is 2.72 bits per heavy atom. The second-order valence-electron chi connectivity index (χ2n) is 4.18. The average Bonchev–Trinajstić information content (AvgIpc) is 2.38. The topological polar surface area (TPSA) is 12.9 Å². The molecule has 0 saturated carbocycles. The molecule has 1 radical (unpaired) electrons. The van der Waals surface area contributed by atoms with Crippen molar-refractivity contribution in [1.82, 2.24) is 4.98 Å². The Labute approximate surface area is 122 Å². The molecular weight excluding hydrogens is 398 g/mol. The molecule has 2 rings (SSSR count). The number of pyridine rings is 1. The zero-order valence-electron chi connectivity index (χ0n) is 10.8. The van der Waals surface area contributed by atoms with Gasteiger partial charge in [0.25, 0.3) is 0 Å². The van der Waals surface area contributed by atoms with Crippen LogP contribution in [0.1, 0.15) is 25.0 Å². The molecule has 0 aliphatic heterocycles. The number of nitrogens with zero attached hydrogens (tertiary/aromatic N) is 1. The molecule has 2 aromatic rings. The minimum atomic E-state index is 0. The fraction of sp³-hybridized carbons (Fsp3) is 0.188. The van der Waals surface area contributed by atoms with E-state index in [2.05, 4.69) is 43.1 Å². The van der Waals surface area contributed by atoms with Gasteiger partial charge in [-0.15, -0.1) is 35.4 Å². The van der Waals surface area contributed by atoms with Gasteiger partial charge in [0.2, 0.25) is 0 Å². The molecule has 1 nitrogen and oxygen atoms in total. The Kier molecular flexibility index (Phi) is 5.46. The fourth-order valence-electron chi connectivity index (χ4n) is 1.72. The van der Waals surface area contributed by atoms with E-state index >= 15 is 0 Å². The molecule has 18 heavy (non-hydrogen) atoms. The number of benzene rings is 1. The van der Waals surface area contributed by atoms with E-state index in [1.807, 2.05) is 31.3 Å². The van der Waals surface area contributed by atoms with Crippen molar-refractivity contribution >= 4 is 5.57 Å². The Balaban J connectivity index is 0.00000162. The maximum absolute atomic E-state index is 4.41. The molecule has 0 aliphatic carbocycles. The third-order valence-corrected chi connectivity index (χ3v) is 2.88. The van der Waals surface area contributed by atoms with Crippen LogP contribution < -0.4 is 0 Å². The maximum atomic E-state index is 4.41. The van der Waals surface area contributed by atoms with Crippen molar-refractivity contribution in [1.29, 1.82) is 0 Å². The quantitative estimate of drug-likeness (QED) is 0.669. The van der Waals surface area contributed by atoms with Crippen LogP contribution in [-0.4, -0.2) is 4.98 Å². The molecule has 0 spiro atoms. The first kappa shape index (κ1) is 14.8. The van der Waals surface area contributed by atoms with E-state index in [0.29, 0.717) is 0 Å².